The van der Waals surface area contributed by atoms with Crippen molar-refractivity contribution in [2.24, 2.45) is 0 Å². The molecule has 0 unspecified atom stereocenters. The van der Waals surface area contributed by atoms with Gasteiger partial charge in [0.15, 0.2) is 5.78 Å². The zero-order valence-corrected chi connectivity index (χ0v) is 8.41. The molecule has 0 saturated carbocycles. The Balaban J connectivity index is 2.27. The summed E-state index contributed by atoms with van der Waals surface area (Å²) in [5.41, 5.74) is -2.97. The van der Waals surface area contributed by atoms with Gasteiger partial charge in [0.05, 0.1) is 0 Å². The Morgan fingerprint density at radius 3 is 2.60 bits per heavy atom. The maximum Gasteiger partial charge on any atom is 0.446 e. The zero-order chi connectivity index (χ0) is 11.1. The lowest BCUT2D eigenvalue weighted by Gasteiger charge is -2.06. The number of thioether (sulfide) groups is 1. The minimum Gasteiger partial charge on any atom is -0.294 e. The SMILES string of the molecule is O=C1CCc2cc(SC(F)(F)F)ccc21. The molecule has 1 aromatic rings. The largest absolute Gasteiger partial charge is 0.446 e. The summed E-state index contributed by atoms with van der Waals surface area (Å²) in [7, 11) is 0. The summed E-state index contributed by atoms with van der Waals surface area (Å²) in [6.07, 6.45) is 0.968. The molecule has 1 aromatic carbocycles. The molecule has 1 nitrogen and oxygen atoms in total. The van der Waals surface area contributed by atoms with Crippen molar-refractivity contribution in [3.05, 3.63) is 29.3 Å². The molecule has 80 valence electrons. The highest BCUT2D eigenvalue weighted by Crippen LogP contribution is 2.38. The summed E-state index contributed by atoms with van der Waals surface area (Å²) in [4.78, 5) is 11.4. The van der Waals surface area contributed by atoms with Crippen LogP contribution in [0.25, 0.3) is 0 Å². The lowest BCUT2D eigenvalue weighted by atomic mass is 10.1. The van der Waals surface area contributed by atoms with Gasteiger partial charge in [-0.3, -0.25) is 4.79 Å². The predicted octanol–water partition coefficient (Wildman–Crippen LogP) is 3.43. The van der Waals surface area contributed by atoms with Crippen LogP contribution < -0.4 is 0 Å². The van der Waals surface area contributed by atoms with Crippen LogP contribution in [0.15, 0.2) is 23.1 Å². The second kappa shape index (κ2) is 3.56. The number of benzene rings is 1. The molecule has 0 atom stereocenters. The van der Waals surface area contributed by atoms with Crippen LogP contribution in [0.3, 0.4) is 0 Å². The van der Waals surface area contributed by atoms with Crippen LogP contribution in [0.5, 0.6) is 0 Å². The number of carbonyl (C=O) groups is 1. The quantitative estimate of drug-likeness (QED) is 0.690. The average molecular weight is 232 g/mol. The van der Waals surface area contributed by atoms with Gasteiger partial charge < -0.3 is 0 Å². The summed E-state index contributed by atoms with van der Waals surface area (Å²) in [6, 6.07) is 4.29. The number of carbonyl (C=O) groups excluding carboxylic acids is 1. The molecular weight excluding hydrogens is 225 g/mol. The van der Waals surface area contributed by atoms with Crippen LogP contribution in [0.2, 0.25) is 0 Å². The molecule has 0 N–H and O–H groups in total. The van der Waals surface area contributed by atoms with Gasteiger partial charge in [-0.1, -0.05) is 6.07 Å². The summed E-state index contributed by atoms with van der Waals surface area (Å²) in [6.45, 7) is 0. The number of hydrogen-bond donors (Lipinski definition) is 0. The summed E-state index contributed by atoms with van der Waals surface area (Å²) in [5.74, 6) is 0.0218. The van der Waals surface area contributed by atoms with Crippen LogP contribution in [0, 0.1) is 0 Å². The topological polar surface area (TPSA) is 17.1 Å². The van der Waals surface area contributed by atoms with Crippen molar-refractivity contribution in [1.29, 1.82) is 0 Å². The van der Waals surface area contributed by atoms with Crippen LogP contribution >= 0.6 is 11.8 Å². The number of Topliss-reactive ketones (excluding diaryl/α,β-unsaturated/α-hetero) is 1. The molecule has 0 radical (unpaired) electrons. The van der Waals surface area contributed by atoms with Gasteiger partial charge in [-0.25, -0.2) is 0 Å². The molecule has 0 aromatic heterocycles. The fraction of sp³-hybridized carbons (Fsp3) is 0.300. The molecule has 0 aliphatic heterocycles. The van der Waals surface area contributed by atoms with Crippen molar-refractivity contribution >= 4 is 17.5 Å². The fourth-order valence-electron chi connectivity index (χ4n) is 1.63. The minimum atomic E-state index is -4.27. The number of ketones is 1. The second-order valence-electron chi connectivity index (χ2n) is 3.29. The van der Waals surface area contributed by atoms with Crippen molar-refractivity contribution in [3.8, 4) is 0 Å². The predicted molar refractivity (Wildman–Crippen MR) is 51.0 cm³/mol. The maximum absolute atomic E-state index is 12.1. The monoisotopic (exact) mass is 232 g/mol. The number of aryl methyl sites for hydroxylation is 1. The second-order valence-corrected chi connectivity index (χ2v) is 4.43. The van der Waals surface area contributed by atoms with E-state index in [0.29, 0.717) is 18.4 Å². The molecule has 1 aliphatic rings. The Labute approximate surface area is 88.7 Å². The summed E-state index contributed by atoms with van der Waals surface area (Å²) < 4.78 is 36.2. The molecule has 15 heavy (non-hydrogen) atoms. The van der Waals surface area contributed by atoms with Gasteiger partial charge >= 0.3 is 5.51 Å². The first kappa shape index (κ1) is 10.5. The van der Waals surface area contributed by atoms with Crippen molar-refractivity contribution < 1.29 is 18.0 Å². The van der Waals surface area contributed by atoms with E-state index in [4.69, 9.17) is 0 Å². The molecule has 0 saturated heterocycles. The normalized spacial score (nSPS) is 15.5. The van der Waals surface area contributed by atoms with E-state index in [2.05, 4.69) is 0 Å². The standard InChI is InChI=1S/C10H7F3OS/c11-10(12,13)15-7-2-3-8-6(5-7)1-4-9(8)14/h2-3,5H,1,4H2. The highest BCUT2D eigenvalue weighted by Gasteiger charge is 2.30. The Kier molecular flexibility index (Phi) is 2.50. The van der Waals surface area contributed by atoms with E-state index in [9.17, 15) is 18.0 Å². The van der Waals surface area contributed by atoms with E-state index < -0.39 is 5.51 Å². The molecule has 1 aliphatic carbocycles. The number of alkyl halides is 3. The highest BCUT2D eigenvalue weighted by atomic mass is 32.2. The lowest BCUT2D eigenvalue weighted by molar-refractivity contribution is -0.0328. The number of fused-ring (bicyclic) bond motifs is 1. The average Bonchev–Trinajstić information content (AvgIpc) is 2.45. The van der Waals surface area contributed by atoms with E-state index in [0.717, 1.165) is 5.56 Å². The Hall–Kier alpha value is -0.970. The Morgan fingerprint density at radius 1 is 1.20 bits per heavy atom. The van der Waals surface area contributed by atoms with Gasteiger partial charge in [0.25, 0.3) is 0 Å². The van der Waals surface area contributed by atoms with E-state index >= 15 is 0 Å². The van der Waals surface area contributed by atoms with Gasteiger partial charge in [0.2, 0.25) is 0 Å². The lowest BCUT2D eigenvalue weighted by Crippen LogP contribution is -1.99. The Bertz CT molecular complexity index is 412. The van der Waals surface area contributed by atoms with Crippen LogP contribution in [-0.4, -0.2) is 11.3 Å². The first-order valence-corrected chi connectivity index (χ1v) is 5.19. The number of rotatable bonds is 1. The minimum absolute atomic E-state index is 0.0218. The van der Waals surface area contributed by atoms with Crippen molar-refractivity contribution in [1.82, 2.24) is 0 Å². The van der Waals surface area contributed by atoms with E-state index in [1.165, 1.54) is 18.2 Å². The molecule has 0 spiro atoms. The van der Waals surface area contributed by atoms with Crippen LogP contribution in [-0.2, 0) is 6.42 Å². The van der Waals surface area contributed by atoms with Gasteiger partial charge in [-0.2, -0.15) is 13.2 Å². The van der Waals surface area contributed by atoms with Crippen molar-refractivity contribution in [3.63, 3.8) is 0 Å². The van der Waals surface area contributed by atoms with Crippen molar-refractivity contribution in [2.75, 3.05) is 0 Å². The van der Waals surface area contributed by atoms with E-state index in [1.807, 2.05) is 0 Å². The number of hydrogen-bond acceptors (Lipinski definition) is 2. The fourth-order valence-corrected chi connectivity index (χ4v) is 2.23. The molecule has 0 bridgehead atoms. The molecule has 0 heterocycles. The third-order valence-electron chi connectivity index (χ3n) is 2.23. The van der Waals surface area contributed by atoms with Gasteiger partial charge in [-0.05, 0) is 35.9 Å². The third kappa shape index (κ3) is 2.34. The first-order valence-electron chi connectivity index (χ1n) is 4.37. The molecule has 5 heteroatoms. The van der Waals surface area contributed by atoms with Gasteiger partial charge in [-0.15, -0.1) is 0 Å². The summed E-state index contributed by atoms with van der Waals surface area (Å²) >= 11 is -0.143. The first-order chi connectivity index (χ1) is 6.96. The smallest absolute Gasteiger partial charge is 0.294 e. The van der Waals surface area contributed by atoms with Crippen LogP contribution in [0.4, 0.5) is 13.2 Å². The van der Waals surface area contributed by atoms with Gasteiger partial charge in [0, 0.05) is 16.9 Å². The third-order valence-corrected chi connectivity index (χ3v) is 2.95. The van der Waals surface area contributed by atoms with Crippen molar-refractivity contribution in [2.45, 2.75) is 23.2 Å². The zero-order valence-electron chi connectivity index (χ0n) is 7.60. The number of halogens is 3. The molecule has 2 rings (SSSR count). The maximum atomic E-state index is 12.1. The molecular formula is C10H7F3OS. The van der Waals surface area contributed by atoms with E-state index in [1.54, 1.807) is 0 Å². The molecule has 0 fully saturated rings. The van der Waals surface area contributed by atoms with Gasteiger partial charge in [0.1, 0.15) is 0 Å². The molecule has 0 amide bonds. The Morgan fingerprint density at radius 2 is 1.93 bits per heavy atom. The highest BCUT2D eigenvalue weighted by molar-refractivity contribution is 8.00. The van der Waals surface area contributed by atoms with E-state index in [-0.39, 0.29) is 22.4 Å². The van der Waals surface area contributed by atoms with Crippen LogP contribution in [0.1, 0.15) is 22.3 Å². The summed E-state index contributed by atoms with van der Waals surface area (Å²) in [5, 5.41) is 0.